The van der Waals surface area contributed by atoms with Crippen LogP contribution in [0.3, 0.4) is 0 Å². The van der Waals surface area contributed by atoms with Gasteiger partial charge in [0.2, 0.25) is 11.8 Å². The first-order valence-corrected chi connectivity index (χ1v) is 5.14. The third-order valence-electron chi connectivity index (χ3n) is 2.28. The lowest BCUT2D eigenvalue weighted by Crippen LogP contribution is -2.26. The van der Waals surface area contributed by atoms with Crippen LogP contribution in [0.1, 0.15) is 25.7 Å². The Morgan fingerprint density at radius 1 is 0.875 bits per heavy atom. The molecule has 0 saturated heterocycles. The standard InChI is InChI=1S/C10H20N2O4/c1-11(15-3)9(13)7-5-6-8-10(14)12(2)16-4/h5-8H2,1-4H3. The summed E-state index contributed by atoms with van der Waals surface area (Å²) >= 11 is 0. The molecule has 0 aromatic rings. The van der Waals surface area contributed by atoms with Crippen molar-refractivity contribution in [1.29, 1.82) is 0 Å². The molecule has 16 heavy (non-hydrogen) atoms. The Kier molecular flexibility index (Phi) is 7.49. The number of amides is 2. The smallest absolute Gasteiger partial charge is 0.245 e. The van der Waals surface area contributed by atoms with Gasteiger partial charge in [0.1, 0.15) is 0 Å². The van der Waals surface area contributed by atoms with Crippen LogP contribution in [0.15, 0.2) is 0 Å². The van der Waals surface area contributed by atoms with Gasteiger partial charge in [0.25, 0.3) is 0 Å². The molecule has 0 heterocycles. The van der Waals surface area contributed by atoms with Crippen molar-refractivity contribution in [1.82, 2.24) is 10.1 Å². The molecule has 6 nitrogen and oxygen atoms in total. The number of unbranched alkanes of at least 4 members (excludes halogenated alkanes) is 1. The molecular weight excluding hydrogens is 212 g/mol. The Hall–Kier alpha value is -1.14. The van der Waals surface area contributed by atoms with Crippen LogP contribution < -0.4 is 0 Å². The number of hydrogen-bond acceptors (Lipinski definition) is 4. The van der Waals surface area contributed by atoms with Gasteiger partial charge in [-0.2, -0.15) is 0 Å². The zero-order chi connectivity index (χ0) is 12.6. The highest BCUT2D eigenvalue weighted by atomic mass is 16.7. The predicted octanol–water partition coefficient (Wildman–Crippen LogP) is 0.586. The van der Waals surface area contributed by atoms with Crippen molar-refractivity contribution in [3.8, 4) is 0 Å². The van der Waals surface area contributed by atoms with Gasteiger partial charge in [-0.1, -0.05) is 0 Å². The third-order valence-corrected chi connectivity index (χ3v) is 2.28. The summed E-state index contributed by atoms with van der Waals surface area (Å²) in [6.45, 7) is 0. The van der Waals surface area contributed by atoms with E-state index in [9.17, 15) is 9.59 Å². The first-order chi connectivity index (χ1) is 7.52. The molecule has 0 aliphatic carbocycles. The summed E-state index contributed by atoms with van der Waals surface area (Å²) in [5, 5.41) is 2.37. The summed E-state index contributed by atoms with van der Waals surface area (Å²) in [4.78, 5) is 32.0. The van der Waals surface area contributed by atoms with E-state index in [4.69, 9.17) is 9.68 Å². The summed E-state index contributed by atoms with van der Waals surface area (Å²) in [7, 11) is 6.00. The molecule has 94 valence electrons. The Bertz CT molecular complexity index is 209. The van der Waals surface area contributed by atoms with Gasteiger partial charge in [-0.15, -0.1) is 0 Å². The van der Waals surface area contributed by atoms with Gasteiger partial charge in [0.15, 0.2) is 0 Å². The fraction of sp³-hybridized carbons (Fsp3) is 0.800. The molecule has 0 unspecified atom stereocenters. The maximum Gasteiger partial charge on any atom is 0.245 e. The lowest BCUT2D eigenvalue weighted by atomic mass is 10.2. The highest BCUT2D eigenvalue weighted by Crippen LogP contribution is 2.04. The fourth-order valence-corrected chi connectivity index (χ4v) is 1.07. The minimum absolute atomic E-state index is 0.0879. The maximum atomic E-state index is 11.3. The van der Waals surface area contributed by atoms with Crippen LogP contribution in [0.5, 0.6) is 0 Å². The summed E-state index contributed by atoms with van der Waals surface area (Å²) in [5.74, 6) is -0.176. The summed E-state index contributed by atoms with van der Waals surface area (Å²) in [5.41, 5.74) is 0. The molecule has 0 rings (SSSR count). The third kappa shape index (κ3) is 5.67. The summed E-state index contributed by atoms with van der Waals surface area (Å²) < 4.78 is 0. The first kappa shape index (κ1) is 14.9. The van der Waals surface area contributed by atoms with Crippen molar-refractivity contribution in [2.24, 2.45) is 0 Å². The molecule has 0 aromatic carbocycles. The van der Waals surface area contributed by atoms with Gasteiger partial charge in [-0.05, 0) is 12.8 Å². The van der Waals surface area contributed by atoms with Crippen LogP contribution in [0.2, 0.25) is 0 Å². The molecule has 0 aliphatic rings. The Balaban J connectivity index is 3.61. The molecule has 0 atom stereocenters. The van der Waals surface area contributed by atoms with Crippen molar-refractivity contribution in [3.63, 3.8) is 0 Å². The van der Waals surface area contributed by atoms with Gasteiger partial charge in [-0.3, -0.25) is 19.3 Å². The highest BCUT2D eigenvalue weighted by Gasteiger charge is 2.10. The van der Waals surface area contributed by atoms with E-state index in [0.29, 0.717) is 25.7 Å². The molecule has 6 heteroatoms. The largest absolute Gasteiger partial charge is 0.275 e. The highest BCUT2D eigenvalue weighted by molar-refractivity contribution is 5.75. The van der Waals surface area contributed by atoms with Crippen LogP contribution in [-0.4, -0.2) is 50.3 Å². The molecule has 0 fully saturated rings. The Morgan fingerprint density at radius 2 is 1.19 bits per heavy atom. The van der Waals surface area contributed by atoms with Gasteiger partial charge < -0.3 is 0 Å². The molecule has 0 bridgehead atoms. The van der Waals surface area contributed by atoms with Crippen LogP contribution in [0, 0.1) is 0 Å². The summed E-state index contributed by atoms with van der Waals surface area (Å²) in [6, 6.07) is 0. The molecule has 0 saturated carbocycles. The second kappa shape index (κ2) is 8.06. The molecule has 0 aliphatic heterocycles. The lowest BCUT2D eigenvalue weighted by Gasteiger charge is -2.14. The quantitative estimate of drug-likeness (QED) is 0.476. The van der Waals surface area contributed by atoms with Gasteiger partial charge in [-0.25, -0.2) is 10.1 Å². The van der Waals surface area contributed by atoms with Crippen LogP contribution in [-0.2, 0) is 19.3 Å². The van der Waals surface area contributed by atoms with Gasteiger partial charge >= 0.3 is 0 Å². The van der Waals surface area contributed by atoms with Gasteiger partial charge in [0.05, 0.1) is 14.2 Å². The van der Waals surface area contributed by atoms with E-state index in [2.05, 4.69) is 0 Å². The lowest BCUT2D eigenvalue weighted by molar-refractivity contribution is -0.170. The zero-order valence-electron chi connectivity index (χ0n) is 10.4. The molecule has 0 spiro atoms. The number of carbonyl (C=O) groups excluding carboxylic acids is 2. The predicted molar refractivity (Wildman–Crippen MR) is 58.0 cm³/mol. The van der Waals surface area contributed by atoms with E-state index in [1.54, 1.807) is 14.1 Å². The van der Waals surface area contributed by atoms with Crippen molar-refractivity contribution < 1.29 is 19.3 Å². The zero-order valence-corrected chi connectivity index (χ0v) is 10.4. The van der Waals surface area contributed by atoms with E-state index < -0.39 is 0 Å². The Labute approximate surface area is 96.0 Å². The van der Waals surface area contributed by atoms with Crippen LogP contribution in [0.4, 0.5) is 0 Å². The number of nitrogens with zero attached hydrogens (tertiary/aromatic N) is 2. The monoisotopic (exact) mass is 232 g/mol. The molecule has 2 amide bonds. The topological polar surface area (TPSA) is 59.1 Å². The van der Waals surface area contributed by atoms with Crippen LogP contribution in [0.25, 0.3) is 0 Å². The van der Waals surface area contributed by atoms with E-state index in [1.807, 2.05) is 0 Å². The van der Waals surface area contributed by atoms with Crippen molar-refractivity contribution >= 4 is 11.8 Å². The minimum atomic E-state index is -0.0879. The number of hydroxylamine groups is 4. The number of hydrogen-bond donors (Lipinski definition) is 0. The van der Waals surface area contributed by atoms with E-state index in [0.717, 1.165) is 0 Å². The van der Waals surface area contributed by atoms with Gasteiger partial charge in [0, 0.05) is 26.9 Å². The second-order valence-electron chi connectivity index (χ2n) is 3.35. The molecular formula is C10H20N2O4. The SMILES string of the molecule is CON(C)C(=O)CCCCC(=O)N(C)OC. The second-order valence-corrected chi connectivity index (χ2v) is 3.35. The average Bonchev–Trinajstić information content (AvgIpc) is 2.31. The average molecular weight is 232 g/mol. The van der Waals surface area contributed by atoms with E-state index >= 15 is 0 Å². The summed E-state index contributed by atoms with van der Waals surface area (Å²) in [6.07, 6.45) is 2.09. The molecule has 0 N–H and O–H groups in total. The molecule has 0 aromatic heterocycles. The number of rotatable bonds is 7. The van der Waals surface area contributed by atoms with E-state index in [-0.39, 0.29) is 11.8 Å². The minimum Gasteiger partial charge on any atom is -0.275 e. The normalized spacial score (nSPS) is 10.0. The van der Waals surface area contributed by atoms with Crippen molar-refractivity contribution in [2.45, 2.75) is 25.7 Å². The molecule has 0 radical (unpaired) electrons. The first-order valence-electron chi connectivity index (χ1n) is 5.14. The Morgan fingerprint density at radius 3 is 1.44 bits per heavy atom. The van der Waals surface area contributed by atoms with Crippen molar-refractivity contribution in [3.05, 3.63) is 0 Å². The van der Waals surface area contributed by atoms with Crippen molar-refractivity contribution in [2.75, 3.05) is 28.3 Å². The maximum absolute atomic E-state index is 11.3. The number of carbonyl (C=O) groups is 2. The van der Waals surface area contributed by atoms with Crippen LogP contribution >= 0.6 is 0 Å². The fourth-order valence-electron chi connectivity index (χ4n) is 1.07. The van der Waals surface area contributed by atoms with E-state index in [1.165, 1.54) is 24.3 Å².